The Morgan fingerprint density at radius 1 is 1.15 bits per heavy atom. The minimum absolute atomic E-state index is 0.111. The maximum atomic E-state index is 12.0. The summed E-state index contributed by atoms with van der Waals surface area (Å²) in [5.41, 5.74) is 3.05. The third-order valence-electron chi connectivity index (χ3n) is 2.74. The highest BCUT2D eigenvalue weighted by molar-refractivity contribution is 6.00. The Balaban J connectivity index is 2.31. The maximum Gasteiger partial charge on any atom is 0.253 e. The number of aryl methyl sites for hydroxylation is 2. The lowest BCUT2D eigenvalue weighted by molar-refractivity contribution is 0.0956. The third-order valence-corrected chi connectivity index (χ3v) is 2.74. The highest BCUT2D eigenvalue weighted by atomic mass is 16.1. The molecule has 0 spiro atoms. The lowest BCUT2D eigenvalue weighted by Gasteiger charge is -2.11. The van der Waals surface area contributed by atoms with Crippen LogP contribution in [0.1, 0.15) is 28.7 Å². The van der Waals surface area contributed by atoms with Gasteiger partial charge in [-0.3, -0.25) is 4.79 Å². The monoisotopic (exact) mass is 270 g/mol. The third kappa shape index (κ3) is 3.32. The minimum Gasteiger partial charge on any atom is -0.352 e. The molecule has 5 heteroatoms. The van der Waals surface area contributed by atoms with Crippen molar-refractivity contribution in [2.45, 2.75) is 20.8 Å². The van der Waals surface area contributed by atoms with Crippen molar-refractivity contribution in [1.82, 2.24) is 15.3 Å². The van der Waals surface area contributed by atoms with E-state index in [2.05, 4.69) is 20.6 Å². The van der Waals surface area contributed by atoms with Gasteiger partial charge < -0.3 is 10.6 Å². The minimum atomic E-state index is -0.111. The number of amides is 1. The Labute approximate surface area is 118 Å². The van der Waals surface area contributed by atoms with E-state index in [0.717, 1.165) is 11.4 Å². The molecule has 1 amide bonds. The molecule has 20 heavy (non-hydrogen) atoms. The predicted molar refractivity (Wildman–Crippen MR) is 79.2 cm³/mol. The second kappa shape index (κ2) is 6.14. The standard InChI is InChI=1S/C15H18N4O/c1-4-16-14(20)12-7-5-6-8-13(12)19-15-17-10(2)9-11(3)18-15/h5-9H,4H2,1-3H3,(H,16,20)(H,17,18,19). The van der Waals surface area contributed by atoms with E-state index in [0.29, 0.717) is 23.7 Å². The number of aromatic nitrogens is 2. The summed E-state index contributed by atoms with van der Waals surface area (Å²) >= 11 is 0. The van der Waals surface area contributed by atoms with Gasteiger partial charge in [-0.05, 0) is 39.0 Å². The molecule has 5 nitrogen and oxygen atoms in total. The Bertz CT molecular complexity index is 605. The van der Waals surface area contributed by atoms with E-state index >= 15 is 0 Å². The quantitative estimate of drug-likeness (QED) is 0.896. The molecule has 2 aromatic rings. The predicted octanol–water partition coefficient (Wildman–Crippen LogP) is 2.59. The number of anilines is 2. The van der Waals surface area contributed by atoms with E-state index in [4.69, 9.17) is 0 Å². The molecule has 0 unspecified atom stereocenters. The first-order valence-corrected chi connectivity index (χ1v) is 6.56. The molecule has 1 aromatic carbocycles. The van der Waals surface area contributed by atoms with Gasteiger partial charge in [0.1, 0.15) is 0 Å². The molecule has 2 N–H and O–H groups in total. The first-order chi connectivity index (χ1) is 9.60. The maximum absolute atomic E-state index is 12.0. The first kappa shape index (κ1) is 14.0. The molecule has 0 radical (unpaired) electrons. The van der Waals surface area contributed by atoms with Crippen LogP contribution in [0.15, 0.2) is 30.3 Å². The Hall–Kier alpha value is -2.43. The normalized spacial score (nSPS) is 10.2. The summed E-state index contributed by atoms with van der Waals surface area (Å²) in [4.78, 5) is 20.6. The van der Waals surface area contributed by atoms with E-state index in [1.165, 1.54) is 0 Å². The molecule has 104 valence electrons. The SMILES string of the molecule is CCNC(=O)c1ccccc1Nc1nc(C)cc(C)n1. The molecule has 0 saturated carbocycles. The number of nitrogens with one attached hydrogen (secondary N) is 2. The molecule has 0 fully saturated rings. The van der Waals surface area contributed by atoms with Crippen molar-refractivity contribution in [3.8, 4) is 0 Å². The number of nitrogens with zero attached hydrogens (tertiary/aromatic N) is 2. The van der Waals surface area contributed by atoms with E-state index in [1.54, 1.807) is 6.07 Å². The van der Waals surface area contributed by atoms with Crippen molar-refractivity contribution >= 4 is 17.5 Å². The molecule has 0 bridgehead atoms. The number of carbonyl (C=O) groups excluding carboxylic acids is 1. The molecule has 0 aliphatic rings. The topological polar surface area (TPSA) is 66.9 Å². The van der Waals surface area contributed by atoms with Crippen LogP contribution in [0.4, 0.5) is 11.6 Å². The molecular weight excluding hydrogens is 252 g/mol. The largest absolute Gasteiger partial charge is 0.352 e. The number of benzene rings is 1. The molecule has 0 atom stereocenters. The Kier molecular flexibility index (Phi) is 4.30. The molecule has 0 saturated heterocycles. The summed E-state index contributed by atoms with van der Waals surface area (Å²) in [6.07, 6.45) is 0. The summed E-state index contributed by atoms with van der Waals surface area (Å²) in [5, 5.41) is 5.90. The number of hydrogen-bond donors (Lipinski definition) is 2. The summed E-state index contributed by atoms with van der Waals surface area (Å²) < 4.78 is 0. The highest BCUT2D eigenvalue weighted by Crippen LogP contribution is 2.19. The second-order valence-electron chi connectivity index (χ2n) is 4.50. The van der Waals surface area contributed by atoms with E-state index in [1.807, 2.05) is 45.0 Å². The van der Waals surface area contributed by atoms with Gasteiger partial charge in [-0.1, -0.05) is 12.1 Å². The van der Waals surface area contributed by atoms with Gasteiger partial charge in [0.05, 0.1) is 11.3 Å². The average molecular weight is 270 g/mol. The molecule has 1 heterocycles. The zero-order valence-electron chi connectivity index (χ0n) is 11.9. The fourth-order valence-electron chi connectivity index (χ4n) is 1.95. The zero-order valence-corrected chi connectivity index (χ0v) is 11.9. The van der Waals surface area contributed by atoms with Gasteiger partial charge in [-0.15, -0.1) is 0 Å². The summed E-state index contributed by atoms with van der Waals surface area (Å²) in [6.45, 7) is 6.30. The molecule has 1 aromatic heterocycles. The van der Waals surface area contributed by atoms with Gasteiger partial charge >= 0.3 is 0 Å². The van der Waals surface area contributed by atoms with Gasteiger partial charge in [0.2, 0.25) is 5.95 Å². The van der Waals surface area contributed by atoms with Gasteiger partial charge in [0, 0.05) is 17.9 Å². The summed E-state index contributed by atoms with van der Waals surface area (Å²) in [5.74, 6) is 0.388. The van der Waals surface area contributed by atoms with Crippen molar-refractivity contribution in [3.05, 3.63) is 47.3 Å². The van der Waals surface area contributed by atoms with Crippen molar-refractivity contribution in [2.75, 3.05) is 11.9 Å². The lowest BCUT2D eigenvalue weighted by Crippen LogP contribution is -2.23. The Morgan fingerprint density at radius 3 is 2.45 bits per heavy atom. The summed E-state index contributed by atoms with van der Waals surface area (Å²) in [6, 6.07) is 9.22. The van der Waals surface area contributed by atoms with Crippen LogP contribution in [0.2, 0.25) is 0 Å². The number of rotatable bonds is 4. The fraction of sp³-hybridized carbons (Fsp3) is 0.267. The van der Waals surface area contributed by atoms with E-state index in [9.17, 15) is 4.79 Å². The smallest absolute Gasteiger partial charge is 0.253 e. The average Bonchev–Trinajstić information content (AvgIpc) is 2.38. The molecule has 0 aliphatic heterocycles. The molecular formula is C15H18N4O. The van der Waals surface area contributed by atoms with Crippen LogP contribution in [-0.2, 0) is 0 Å². The van der Waals surface area contributed by atoms with Crippen molar-refractivity contribution in [3.63, 3.8) is 0 Å². The van der Waals surface area contributed by atoms with Crippen molar-refractivity contribution in [2.24, 2.45) is 0 Å². The number of carbonyl (C=O) groups is 1. The highest BCUT2D eigenvalue weighted by Gasteiger charge is 2.11. The summed E-state index contributed by atoms with van der Waals surface area (Å²) in [7, 11) is 0. The van der Waals surface area contributed by atoms with Crippen LogP contribution in [0.25, 0.3) is 0 Å². The van der Waals surface area contributed by atoms with Gasteiger partial charge in [0.15, 0.2) is 0 Å². The molecule has 2 rings (SSSR count). The van der Waals surface area contributed by atoms with Crippen LogP contribution in [0.5, 0.6) is 0 Å². The van der Waals surface area contributed by atoms with Gasteiger partial charge in [0.25, 0.3) is 5.91 Å². The van der Waals surface area contributed by atoms with Crippen molar-refractivity contribution < 1.29 is 4.79 Å². The van der Waals surface area contributed by atoms with Crippen molar-refractivity contribution in [1.29, 1.82) is 0 Å². The van der Waals surface area contributed by atoms with Crippen LogP contribution in [0, 0.1) is 13.8 Å². The van der Waals surface area contributed by atoms with Crippen LogP contribution < -0.4 is 10.6 Å². The number of hydrogen-bond acceptors (Lipinski definition) is 4. The fourth-order valence-corrected chi connectivity index (χ4v) is 1.95. The molecule has 0 aliphatic carbocycles. The van der Waals surface area contributed by atoms with Crippen LogP contribution in [0.3, 0.4) is 0 Å². The Morgan fingerprint density at radius 2 is 1.80 bits per heavy atom. The number of para-hydroxylation sites is 1. The van der Waals surface area contributed by atoms with Crippen LogP contribution >= 0.6 is 0 Å². The lowest BCUT2D eigenvalue weighted by atomic mass is 10.1. The van der Waals surface area contributed by atoms with Gasteiger partial charge in [-0.2, -0.15) is 0 Å². The van der Waals surface area contributed by atoms with Crippen LogP contribution in [-0.4, -0.2) is 22.4 Å². The zero-order chi connectivity index (χ0) is 14.5. The second-order valence-corrected chi connectivity index (χ2v) is 4.50. The van der Waals surface area contributed by atoms with Gasteiger partial charge in [-0.25, -0.2) is 9.97 Å². The van der Waals surface area contributed by atoms with E-state index in [-0.39, 0.29) is 5.91 Å². The first-order valence-electron chi connectivity index (χ1n) is 6.56. The van der Waals surface area contributed by atoms with E-state index < -0.39 is 0 Å².